The summed E-state index contributed by atoms with van der Waals surface area (Å²) in [4.78, 5) is 14.9. The third kappa shape index (κ3) is 6.68. The van der Waals surface area contributed by atoms with E-state index in [-0.39, 0.29) is 5.91 Å². The minimum Gasteiger partial charge on any atom is -0.351 e. The molecule has 0 radical (unpaired) electrons. The van der Waals surface area contributed by atoms with E-state index in [0.717, 1.165) is 29.5 Å². The highest BCUT2D eigenvalue weighted by Crippen LogP contribution is 2.18. The first kappa shape index (κ1) is 20.9. The van der Waals surface area contributed by atoms with Crippen LogP contribution >= 0.6 is 11.8 Å². The molecule has 3 rings (SSSR count). The second kappa shape index (κ2) is 10.7. The molecule has 4 heteroatoms. The molecule has 1 aliphatic rings. The van der Waals surface area contributed by atoms with Crippen molar-refractivity contribution in [1.29, 1.82) is 0 Å². The summed E-state index contributed by atoms with van der Waals surface area (Å²) in [7, 11) is 0. The van der Waals surface area contributed by atoms with Crippen LogP contribution in [-0.2, 0) is 12.3 Å². The molecule has 1 aliphatic heterocycles. The Balaban J connectivity index is 1.36. The van der Waals surface area contributed by atoms with E-state index in [1.54, 1.807) is 0 Å². The summed E-state index contributed by atoms with van der Waals surface area (Å²) in [5.74, 6) is 2.72. The Hall–Kier alpha value is -1.78. The van der Waals surface area contributed by atoms with Gasteiger partial charge in [0.05, 0.1) is 0 Å². The van der Waals surface area contributed by atoms with Crippen LogP contribution in [0.4, 0.5) is 0 Å². The number of rotatable bonds is 8. The van der Waals surface area contributed by atoms with Gasteiger partial charge in [-0.15, -0.1) is 0 Å². The summed E-state index contributed by atoms with van der Waals surface area (Å²) in [5, 5.41) is 3.03. The monoisotopic (exact) mass is 396 g/mol. The molecule has 2 aromatic rings. The lowest BCUT2D eigenvalue weighted by atomic mass is 9.99. The van der Waals surface area contributed by atoms with Crippen molar-refractivity contribution in [2.75, 3.05) is 25.4 Å². The molecule has 2 aromatic carbocycles. The van der Waals surface area contributed by atoms with Crippen molar-refractivity contribution in [3.8, 4) is 0 Å². The number of likely N-dealkylation sites (tertiary alicyclic amines) is 1. The molecule has 1 atom stereocenters. The van der Waals surface area contributed by atoms with Crippen molar-refractivity contribution < 1.29 is 4.79 Å². The molecule has 0 saturated carbocycles. The maximum atomic E-state index is 12.3. The van der Waals surface area contributed by atoms with E-state index in [1.165, 1.54) is 42.6 Å². The van der Waals surface area contributed by atoms with Crippen molar-refractivity contribution in [3.63, 3.8) is 0 Å². The number of piperidine rings is 1. The number of carbonyl (C=O) groups excluding carboxylic acids is 1. The van der Waals surface area contributed by atoms with E-state index >= 15 is 0 Å². The number of hydrogen-bond acceptors (Lipinski definition) is 3. The van der Waals surface area contributed by atoms with Crippen LogP contribution in [0.2, 0.25) is 0 Å². The molecule has 0 aliphatic carbocycles. The Labute approximate surface area is 173 Å². The maximum absolute atomic E-state index is 12.3. The average Bonchev–Trinajstić information content (AvgIpc) is 2.69. The lowest BCUT2D eigenvalue weighted by Crippen LogP contribution is -2.33. The zero-order valence-corrected chi connectivity index (χ0v) is 17.9. The van der Waals surface area contributed by atoms with Gasteiger partial charge >= 0.3 is 0 Å². The second-order valence-electron chi connectivity index (χ2n) is 7.97. The number of benzene rings is 2. The second-order valence-corrected chi connectivity index (χ2v) is 9.08. The highest BCUT2D eigenvalue weighted by molar-refractivity contribution is 7.98. The van der Waals surface area contributed by atoms with Gasteiger partial charge < -0.3 is 5.32 Å². The Morgan fingerprint density at radius 3 is 2.54 bits per heavy atom. The van der Waals surface area contributed by atoms with Crippen LogP contribution in [0.5, 0.6) is 0 Å². The van der Waals surface area contributed by atoms with Gasteiger partial charge in [-0.3, -0.25) is 9.69 Å². The van der Waals surface area contributed by atoms with Gasteiger partial charge in [-0.25, -0.2) is 0 Å². The van der Waals surface area contributed by atoms with Crippen LogP contribution < -0.4 is 5.32 Å². The van der Waals surface area contributed by atoms with Crippen LogP contribution in [0.25, 0.3) is 0 Å². The topological polar surface area (TPSA) is 32.3 Å². The Kier molecular flexibility index (Phi) is 7.99. The summed E-state index contributed by atoms with van der Waals surface area (Å²) < 4.78 is 0. The molecule has 0 aromatic heterocycles. The van der Waals surface area contributed by atoms with Gasteiger partial charge in [-0.2, -0.15) is 11.8 Å². The third-order valence-electron chi connectivity index (χ3n) is 5.28. The van der Waals surface area contributed by atoms with E-state index in [9.17, 15) is 4.79 Å². The van der Waals surface area contributed by atoms with Crippen LogP contribution in [0.3, 0.4) is 0 Å². The standard InChI is InChI=1S/C24H32N2OS/c1-19-5-7-22(8-6-19)18-28-15-13-25-24(27)23-11-9-21(10-12-23)17-26-14-3-4-20(2)16-26/h5-12,20H,3-4,13-18H2,1-2H3,(H,25,27)/t20-/m0/s1. The van der Waals surface area contributed by atoms with Crippen LogP contribution in [0.15, 0.2) is 48.5 Å². The van der Waals surface area contributed by atoms with Gasteiger partial charge in [-0.05, 0) is 55.5 Å². The Morgan fingerprint density at radius 2 is 1.82 bits per heavy atom. The smallest absolute Gasteiger partial charge is 0.251 e. The van der Waals surface area contributed by atoms with Gasteiger partial charge in [-0.1, -0.05) is 48.9 Å². The molecule has 0 bridgehead atoms. The first-order chi connectivity index (χ1) is 13.6. The number of hydrogen-bond donors (Lipinski definition) is 1. The van der Waals surface area contributed by atoms with Crippen LogP contribution in [0.1, 0.15) is 46.8 Å². The van der Waals surface area contributed by atoms with Crippen molar-refractivity contribution in [2.45, 2.75) is 39.0 Å². The first-order valence-corrected chi connectivity index (χ1v) is 11.5. The van der Waals surface area contributed by atoms with Crippen molar-refractivity contribution in [2.24, 2.45) is 5.92 Å². The molecule has 1 N–H and O–H groups in total. The van der Waals surface area contributed by atoms with E-state index < -0.39 is 0 Å². The molecule has 3 nitrogen and oxygen atoms in total. The van der Waals surface area contributed by atoms with Gasteiger partial charge in [0.25, 0.3) is 5.91 Å². The van der Waals surface area contributed by atoms with Crippen molar-refractivity contribution in [3.05, 3.63) is 70.8 Å². The van der Waals surface area contributed by atoms with E-state index in [1.807, 2.05) is 23.9 Å². The SMILES string of the molecule is Cc1ccc(CSCCNC(=O)c2ccc(CN3CCC[C@H](C)C3)cc2)cc1. The molecule has 28 heavy (non-hydrogen) atoms. The van der Waals surface area contributed by atoms with Gasteiger partial charge in [0.1, 0.15) is 0 Å². The van der Waals surface area contributed by atoms with Gasteiger partial charge in [0.2, 0.25) is 0 Å². The fourth-order valence-electron chi connectivity index (χ4n) is 3.66. The summed E-state index contributed by atoms with van der Waals surface area (Å²) in [6.45, 7) is 8.49. The largest absolute Gasteiger partial charge is 0.351 e. The zero-order chi connectivity index (χ0) is 19.8. The molecular weight excluding hydrogens is 364 g/mol. The number of nitrogens with one attached hydrogen (secondary N) is 1. The van der Waals surface area contributed by atoms with Crippen LogP contribution in [-0.4, -0.2) is 36.2 Å². The molecule has 1 fully saturated rings. The minimum absolute atomic E-state index is 0.0223. The Morgan fingerprint density at radius 1 is 1.11 bits per heavy atom. The highest BCUT2D eigenvalue weighted by Gasteiger charge is 2.16. The molecule has 150 valence electrons. The summed E-state index contributed by atoms with van der Waals surface area (Å²) in [5.41, 5.74) is 4.66. The predicted molar refractivity (Wildman–Crippen MR) is 120 cm³/mol. The van der Waals surface area contributed by atoms with E-state index in [0.29, 0.717) is 6.54 Å². The number of aryl methyl sites for hydroxylation is 1. The van der Waals surface area contributed by atoms with E-state index in [4.69, 9.17) is 0 Å². The average molecular weight is 397 g/mol. The Bertz CT molecular complexity index is 742. The summed E-state index contributed by atoms with van der Waals surface area (Å²) in [6, 6.07) is 16.7. The quantitative estimate of drug-likeness (QED) is 0.645. The van der Waals surface area contributed by atoms with Crippen LogP contribution in [0, 0.1) is 12.8 Å². The first-order valence-electron chi connectivity index (χ1n) is 10.3. The predicted octanol–water partition coefficient (Wildman–Crippen LogP) is 4.89. The molecule has 0 spiro atoms. The van der Waals surface area contributed by atoms with Gasteiger partial charge in [0, 0.05) is 36.7 Å². The van der Waals surface area contributed by atoms with Crippen molar-refractivity contribution in [1.82, 2.24) is 10.2 Å². The molecule has 1 amide bonds. The summed E-state index contributed by atoms with van der Waals surface area (Å²) >= 11 is 1.85. The van der Waals surface area contributed by atoms with Crippen molar-refractivity contribution >= 4 is 17.7 Å². The molecule has 0 unspecified atom stereocenters. The number of amides is 1. The zero-order valence-electron chi connectivity index (χ0n) is 17.1. The number of nitrogens with zero attached hydrogens (tertiary/aromatic N) is 1. The normalized spacial score (nSPS) is 17.4. The van der Waals surface area contributed by atoms with E-state index in [2.05, 4.69) is 60.5 Å². The molecule has 1 saturated heterocycles. The van der Waals surface area contributed by atoms with Gasteiger partial charge in [0.15, 0.2) is 0 Å². The number of thioether (sulfide) groups is 1. The third-order valence-corrected chi connectivity index (χ3v) is 6.31. The lowest BCUT2D eigenvalue weighted by molar-refractivity contribution is 0.0956. The lowest BCUT2D eigenvalue weighted by Gasteiger charge is -2.30. The molecule has 1 heterocycles. The fraction of sp³-hybridized carbons (Fsp3) is 0.458. The molecular formula is C24H32N2OS. The number of carbonyl (C=O) groups is 1. The fourth-order valence-corrected chi connectivity index (χ4v) is 4.48. The minimum atomic E-state index is 0.0223. The summed E-state index contributed by atoms with van der Waals surface area (Å²) in [6.07, 6.45) is 2.64. The highest BCUT2D eigenvalue weighted by atomic mass is 32.2. The maximum Gasteiger partial charge on any atom is 0.251 e.